The summed E-state index contributed by atoms with van der Waals surface area (Å²) in [5.41, 5.74) is -0.197. The molecule has 0 aliphatic carbocycles. The van der Waals surface area contributed by atoms with E-state index in [1.807, 2.05) is 0 Å². The Labute approximate surface area is 111 Å². The average Bonchev–Trinajstić information content (AvgIpc) is 2.35. The van der Waals surface area contributed by atoms with E-state index in [0.717, 1.165) is 51.6 Å². The standard InChI is InChI=1S/C14H28N2O2/c1-3-7-14(8-5-9-15-11-14)13(18)16-10-4-6-12(2)17/h12,15,17H,3-11H2,1-2H3,(H,16,18). The van der Waals surface area contributed by atoms with Gasteiger partial charge in [-0.3, -0.25) is 4.79 Å². The number of carbonyl (C=O) groups is 1. The Morgan fingerprint density at radius 1 is 1.56 bits per heavy atom. The predicted octanol–water partition coefficient (Wildman–Crippen LogP) is 1.43. The Kier molecular flexibility index (Phi) is 6.65. The molecule has 0 saturated carbocycles. The molecule has 1 saturated heterocycles. The van der Waals surface area contributed by atoms with E-state index in [-0.39, 0.29) is 17.4 Å². The first-order chi connectivity index (χ1) is 8.60. The van der Waals surface area contributed by atoms with Crippen molar-refractivity contribution in [2.24, 2.45) is 5.41 Å². The summed E-state index contributed by atoms with van der Waals surface area (Å²) < 4.78 is 0. The molecule has 0 bridgehead atoms. The van der Waals surface area contributed by atoms with Crippen LogP contribution in [0.2, 0.25) is 0 Å². The Morgan fingerprint density at radius 3 is 2.89 bits per heavy atom. The summed E-state index contributed by atoms with van der Waals surface area (Å²) in [5, 5.41) is 15.6. The van der Waals surface area contributed by atoms with Gasteiger partial charge in [0.15, 0.2) is 0 Å². The number of rotatable bonds is 7. The quantitative estimate of drug-likeness (QED) is 0.604. The molecule has 1 fully saturated rings. The van der Waals surface area contributed by atoms with E-state index >= 15 is 0 Å². The minimum absolute atomic E-state index is 0.196. The highest BCUT2D eigenvalue weighted by Gasteiger charge is 2.38. The van der Waals surface area contributed by atoms with Gasteiger partial charge in [0.25, 0.3) is 0 Å². The number of carbonyl (C=O) groups excluding carboxylic acids is 1. The van der Waals surface area contributed by atoms with Gasteiger partial charge in [-0.1, -0.05) is 13.3 Å². The highest BCUT2D eigenvalue weighted by Crippen LogP contribution is 2.31. The molecule has 3 N–H and O–H groups in total. The molecule has 4 heteroatoms. The van der Waals surface area contributed by atoms with Crippen LogP contribution in [0.5, 0.6) is 0 Å². The number of amides is 1. The largest absolute Gasteiger partial charge is 0.393 e. The molecule has 1 aliphatic heterocycles. The summed E-state index contributed by atoms with van der Waals surface area (Å²) in [4.78, 5) is 12.3. The number of nitrogens with one attached hydrogen (secondary N) is 2. The monoisotopic (exact) mass is 256 g/mol. The molecule has 1 heterocycles. The van der Waals surface area contributed by atoms with Gasteiger partial charge >= 0.3 is 0 Å². The normalized spacial score (nSPS) is 25.7. The van der Waals surface area contributed by atoms with E-state index in [1.54, 1.807) is 6.92 Å². The molecular weight excluding hydrogens is 228 g/mol. The summed E-state index contributed by atoms with van der Waals surface area (Å²) in [7, 11) is 0. The van der Waals surface area contributed by atoms with Crippen molar-refractivity contribution in [2.75, 3.05) is 19.6 Å². The first kappa shape index (κ1) is 15.4. The van der Waals surface area contributed by atoms with Crippen LogP contribution in [-0.2, 0) is 4.79 Å². The lowest BCUT2D eigenvalue weighted by Gasteiger charge is -2.36. The smallest absolute Gasteiger partial charge is 0.227 e. The van der Waals surface area contributed by atoms with Gasteiger partial charge in [-0.15, -0.1) is 0 Å². The Bertz CT molecular complexity index is 243. The lowest BCUT2D eigenvalue weighted by molar-refractivity contribution is -0.132. The fraction of sp³-hybridized carbons (Fsp3) is 0.929. The zero-order chi connectivity index (χ0) is 13.4. The molecule has 1 rings (SSSR count). The topological polar surface area (TPSA) is 61.4 Å². The number of piperidine rings is 1. The van der Waals surface area contributed by atoms with Crippen molar-refractivity contribution in [3.8, 4) is 0 Å². The van der Waals surface area contributed by atoms with Crippen molar-refractivity contribution >= 4 is 5.91 Å². The molecule has 0 spiro atoms. The predicted molar refractivity (Wildman–Crippen MR) is 73.4 cm³/mol. The third-order valence-electron chi connectivity index (χ3n) is 3.77. The summed E-state index contributed by atoms with van der Waals surface area (Å²) in [5.74, 6) is 0.196. The molecule has 0 aromatic heterocycles. The number of aliphatic hydroxyl groups excluding tert-OH is 1. The maximum absolute atomic E-state index is 12.3. The summed E-state index contributed by atoms with van der Waals surface area (Å²) >= 11 is 0. The summed E-state index contributed by atoms with van der Waals surface area (Å²) in [6.07, 6.45) is 5.41. The van der Waals surface area contributed by atoms with Crippen LogP contribution in [0, 0.1) is 5.41 Å². The summed E-state index contributed by atoms with van der Waals surface area (Å²) in [6, 6.07) is 0. The molecule has 2 unspecified atom stereocenters. The molecule has 18 heavy (non-hydrogen) atoms. The second-order valence-electron chi connectivity index (χ2n) is 5.56. The number of aliphatic hydroxyl groups is 1. The van der Waals surface area contributed by atoms with Crippen molar-refractivity contribution in [1.82, 2.24) is 10.6 Å². The van der Waals surface area contributed by atoms with Crippen LogP contribution < -0.4 is 10.6 Å². The first-order valence-corrected chi connectivity index (χ1v) is 7.28. The van der Waals surface area contributed by atoms with Crippen LogP contribution in [0.25, 0.3) is 0 Å². The minimum Gasteiger partial charge on any atom is -0.393 e. The van der Waals surface area contributed by atoms with Crippen molar-refractivity contribution in [3.63, 3.8) is 0 Å². The molecule has 0 aromatic carbocycles. The van der Waals surface area contributed by atoms with Gasteiger partial charge in [-0.2, -0.15) is 0 Å². The lowest BCUT2D eigenvalue weighted by atomic mass is 9.76. The average molecular weight is 256 g/mol. The van der Waals surface area contributed by atoms with Crippen molar-refractivity contribution in [2.45, 2.75) is 58.5 Å². The van der Waals surface area contributed by atoms with Gasteiger partial charge in [0.1, 0.15) is 0 Å². The van der Waals surface area contributed by atoms with Crippen LogP contribution in [0.3, 0.4) is 0 Å². The van der Waals surface area contributed by atoms with Crippen LogP contribution >= 0.6 is 0 Å². The highest BCUT2D eigenvalue weighted by molar-refractivity contribution is 5.83. The van der Waals surface area contributed by atoms with Crippen LogP contribution in [0.4, 0.5) is 0 Å². The molecule has 4 nitrogen and oxygen atoms in total. The van der Waals surface area contributed by atoms with Crippen LogP contribution in [0.1, 0.15) is 52.4 Å². The van der Waals surface area contributed by atoms with E-state index in [0.29, 0.717) is 6.54 Å². The first-order valence-electron chi connectivity index (χ1n) is 7.28. The van der Waals surface area contributed by atoms with E-state index in [2.05, 4.69) is 17.6 Å². The summed E-state index contributed by atoms with van der Waals surface area (Å²) in [6.45, 7) is 6.43. The molecule has 0 radical (unpaired) electrons. The number of hydrogen-bond acceptors (Lipinski definition) is 3. The Morgan fingerprint density at radius 2 is 2.33 bits per heavy atom. The molecule has 1 amide bonds. The lowest BCUT2D eigenvalue weighted by Crippen LogP contribution is -2.50. The van der Waals surface area contributed by atoms with Crippen molar-refractivity contribution in [3.05, 3.63) is 0 Å². The van der Waals surface area contributed by atoms with Gasteiger partial charge in [0.05, 0.1) is 11.5 Å². The van der Waals surface area contributed by atoms with Crippen molar-refractivity contribution < 1.29 is 9.90 Å². The van der Waals surface area contributed by atoms with E-state index in [9.17, 15) is 9.90 Å². The molecule has 0 aromatic rings. The molecule has 1 aliphatic rings. The second-order valence-corrected chi connectivity index (χ2v) is 5.56. The van der Waals surface area contributed by atoms with Crippen molar-refractivity contribution in [1.29, 1.82) is 0 Å². The van der Waals surface area contributed by atoms with E-state index in [4.69, 9.17) is 0 Å². The second kappa shape index (κ2) is 7.74. The maximum Gasteiger partial charge on any atom is 0.227 e. The third kappa shape index (κ3) is 4.58. The molecule has 2 atom stereocenters. The van der Waals surface area contributed by atoms with Gasteiger partial charge in [-0.25, -0.2) is 0 Å². The van der Waals surface area contributed by atoms with Gasteiger partial charge in [0.2, 0.25) is 5.91 Å². The zero-order valence-electron chi connectivity index (χ0n) is 11.8. The highest BCUT2D eigenvalue weighted by atomic mass is 16.3. The van der Waals surface area contributed by atoms with E-state index in [1.165, 1.54) is 0 Å². The Hall–Kier alpha value is -0.610. The SMILES string of the molecule is CCCC1(C(=O)NCCCC(C)O)CCCNC1. The van der Waals surface area contributed by atoms with Gasteiger partial charge in [-0.05, 0) is 45.6 Å². The fourth-order valence-corrected chi connectivity index (χ4v) is 2.75. The third-order valence-corrected chi connectivity index (χ3v) is 3.77. The van der Waals surface area contributed by atoms with E-state index < -0.39 is 0 Å². The zero-order valence-corrected chi connectivity index (χ0v) is 11.8. The van der Waals surface area contributed by atoms with Crippen LogP contribution in [0.15, 0.2) is 0 Å². The fourth-order valence-electron chi connectivity index (χ4n) is 2.75. The number of hydrogen-bond donors (Lipinski definition) is 3. The van der Waals surface area contributed by atoms with Gasteiger partial charge in [0, 0.05) is 13.1 Å². The van der Waals surface area contributed by atoms with Crippen LogP contribution in [-0.4, -0.2) is 36.8 Å². The molecule has 106 valence electrons. The minimum atomic E-state index is -0.275. The van der Waals surface area contributed by atoms with Gasteiger partial charge < -0.3 is 15.7 Å². The Balaban J connectivity index is 2.39. The maximum atomic E-state index is 12.3. The molecular formula is C14H28N2O2.